The molecule has 0 aromatic carbocycles. The fourth-order valence-corrected chi connectivity index (χ4v) is 1.62. The molecule has 0 aromatic rings. The average molecular weight is 215 g/mol. The molecule has 1 heterocycles. The number of amides is 1. The summed E-state index contributed by atoms with van der Waals surface area (Å²) in [5, 5.41) is 8.63. The Labute approximate surface area is 89.0 Å². The normalized spacial score (nSPS) is 20.0. The second-order valence-corrected chi connectivity index (χ2v) is 3.79. The van der Waals surface area contributed by atoms with Crippen molar-refractivity contribution in [2.45, 2.75) is 38.9 Å². The summed E-state index contributed by atoms with van der Waals surface area (Å²) in [6.07, 6.45) is 0.431. The highest BCUT2D eigenvalue weighted by atomic mass is 16.5. The number of hydrogen-bond acceptors (Lipinski definition) is 3. The van der Waals surface area contributed by atoms with Crippen molar-refractivity contribution in [2.24, 2.45) is 0 Å². The Balaban J connectivity index is 2.41. The van der Waals surface area contributed by atoms with Crippen LogP contribution in [0, 0.1) is 0 Å². The summed E-state index contributed by atoms with van der Waals surface area (Å²) in [5.41, 5.74) is 0. The van der Waals surface area contributed by atoms with Gasteiger partial charge in [0.1, 0.15) is 6.10 Å². The minimum absolute atomic E-state index is 0.111. The SMILES string of the molecule is CC(OC(C)C(=O)N1CCCC1)C(=O)O. The first kappa shape index (κ1) is 12.0. The summed E-state index contributed by atoms with van der Waals surface area (Å²) in [6.45, 7) is 4.54. The molecule has 5 heteroatoms. The van der Waals surface area contributed by atoms with Crippen LogP contribution in [0.2, 0.25) is 0 Å². The molecule has 1 amide bonds. The first-order chi connectivity index (χ1) is 7.02. The number of carboxylic acid groups (broad SMARTS) is 1. The molecule has 1 aliphatic rings. The van der Waals surface area contributed by atoms with Gasteiger partial charge < -0.3 is 14.7 Å². The zero-order valence-electron chi connectivity index (χ0n) is 9.10. The van der Waals surface area contributed by atoms with E-state index < -0.39 is 18.2 Å². The topological polar surface area (TPSA) is 66.8 Å². The van der Waals surface area contributed by atoms with E-state index in [0.29, 0.717) is 0 Å². The average Bonchev–Trinajstić information content (AvgIpc) is 2.68. The van der Waals surface area contributed by atoms with Crippen molar-refractivity contribution in [1.82, 2.24) is 4.90 Å². The maximum absolute atomic E-state index is 11.7. The van der Waals surface area contributed by atoms with Crippen LogP contribution in [-0.2, 0) is 14.3 Å². The van der Waals surface area contributed by atoms with Crippen LogP contribution in [0.25, 0.3) is 0 Å². The van der Waals surface area contributed by atoms with Gasteiger partial charge in [-0.25, -0.2) is 4.79 Å². The monoisotopic (exact) mass is 215 g/mol. The molecule has 2 unspecified atom stereocenters. The smallest absolute Gasteiger partial charge is 0.332 e. The van der Waals surface area contributed by atoms with Crippen molar-refractivity contribution >= 4 is 11.9 Å². The van der Waals surface area contributed by atoms with Crippen molar-refractivity contribution in [1.29, 1.82) is 0 Å². The molecule has 0 aromatic heterocycles. The lowest BCUT2D eigenvalue weighted by molar-refractivity contribution is -0.158. The highest BCUT2D eigenvalue weighted by molar-refractivity contribution is 5.81. The molecule has 1 aliphatic heterocycles. The van der Waals surface area contributed by atoms with E-state index in [-0.39, 0.29) is 5.91 Å². The van der Waals surface area contributed by atoms with Gasteiger partial charge in [0, 0.05) is 13.1 Å². The third kappa shape index (κ3) is 3.20. The molecular formula is C10H17NO4. The third-order valence-corrected chi connectivity index (χ3v) is 2.52. The van der Waals surface area contributed by atoms with E-state index in [2.05, 4.69) is 0 Å². The van der Waals surface area contributed by atoms with Crippen molar-refractivity contribution in [3.63, 3.8) is 0 Å². The fraction of sp³-hybridized carbons (Fsp3) is 0.800. The lowest BCUT2D eigenvalue weighted by atomic mass is 10.3. The number of nitrogens with zero attached hydrogens (tertiary/aromatic N) is 1. The van der Waals surface area contributed by atoms with Crippen LogP contribution in [0.5, 0.6) is 0 Å². The van der Waals surface area contributed by atoms with Crippen molar-refractivity contribution < 1.29 is 19.4 Å². The number of likely N-dealkylation sites (tertiary alicyclic amines) is 1. The number of aliphatic carboxylic acids is 1. The van der Waals surface area contributed by atoms with E-state index in [1.165, 1.54) is 6.92 Å². The molecule has 1 fully saturated rings. The summed E-state index contributed by atoms with van der Waals surface area (Å²) < 4.78 is 5.10. The minimum Gasteiger partial charge on any atom is -0.479 e. The van der Waals surface area contributed by atoms with Crippen LogP contribution >= 0.6 is 0 Å². The summed E-state index contributed by atoms with van der Waals surface area (Å²) in [7, 11) is 0. The Kier molecular flexibility index (Phi) is 4.08. The molecule has 1 N–H and O–H groups in total. The standard InChI is InChI=1S/C10H17NO4/c1-7(15-8(2)10(13)14)9(12)11-5-3-4-6-11/h7-8H,3-6H2,1-2H3,(H,13,14). The van der Waals surface area contributed by atoms with Gasteiger partial charge >= 0.3 is 5.97 Å². The summed E-state index contributed by atoms with van der Waals surface area (Å²) in [5.74, 6) is -1.16. The number of rotatable bonds is 4. The first-order valence-corrected chi connectivity index (χ1v) is 5.19. The predicted octanol–water partition coefficient (Wildman–Crippen LogP) is 0.487. The molecule has 0 aliphatic carbocycles. The second-order valence-electron chi connectivity index (χ2n) is 3.79. The van der Waals surface area contributed by atoms with Crippen LogP contribution < -0.4 is 0 Å². The largest absolute Gasteiger partial charge is 0.479 e. The number of carbonyl (C=O) groups is 2. The van der Waals surface area contributed by atoms with Gasteiger partial charge in [-0.15, -0.1) is 0 Å². The summed E-state index contributed by atoms with van der Waals surface area (Å²) in [4.78, 5) is 24.0. The van der Waals surface area contributed by atoms with E-state index in [4.69, 9.17) is 9.84 Å². The highest BCUT2D eigenvalue weighted by Gasteiger charge is 2.26. The predicted molar refractivity (Wildman–Crippen MR) is 53.5 cm³/mol. The molecule has 5 nitrogen and oxygen atoms in total. The molecule has 2 atom stereocenters. The first-order valence-electron chi connectivity index (χ1n) is 5.19. The molecule has 0 radical (unpaired) electrons. The number of carboxylic acids is 1. The van der Waals surface area contributed by atoms with Gasteiger partial charge in [0.15, 0.2) is 6.10 Å². The van der Waals surface area contributed by atoms with Gasteiger partial charge in [0.25, 0.3) is 5.91 Å². The maximum Gasteiger partial charge on any atom is 0.332 e. The molecular weight excluding hydrogens is 198 g/mol. The van der Waals surface area contributed by atoms with Crippen LogP contribution in [0.15, 0.2) is 0 Å². The Bertz CT molecular complexity index is 248. The van der Waals surface area contributed by atoms with E-state index in [1.807, 2.05) is 0 Å². The van der Waals surface area contributed by atoms with Gasteiger partial charge in [-0.1, -0.05) is 0 Å². The third-order valence-electron chi connectivity index (χ3n) is 2.52. The molecule has 1 rings (SSSR count). The van der Waals surface area contributed by atoms with Gasteiger partial charge in [0.2, 0.25) is 0 Å². The summed E-state index contributed by atoms with van der Waals surface area (Å²) in [6, 6.07) is 0. The fourth-order valence-electron chi connectivity index (χ4n) is 1.62. The van der Waals surface area contributed by atoms with Crippen molar-refractivity contribution in [3.05, 3.63) is 0 Å². The second kappa shape index (κ2) is 5.11. The number of hydrogen-bond donors (Lipinski definition) is 1. The van der Waals surface area contributed by atoms with Crippen molar-refractivity contribution in [3.8, 4) is 0 Å². The van der Waals surface area contributed by atoms with Gasteiger partial charge in [-0.2, -0.15) is 0 Å². The van der Waals surface area contributed by atoms with Gasteiger partial charge in [-0.05, 0) is 26.7 Å². The Morgan fingerprint density at radius 3 is 2.20 bits per heavy atom. The lowest BCUT2D eigenvalue weighted by Gasteiger charge is -2.21. The van der Waals surface area contributed by atoms with Crippen molar-refractivity contribution in [2.75, 3.05) is 13.1 Å². The van der Waals surface area contributed by atoms with Gasteiger partial charge in [-0.3, -0.25) is 4.79 Å². The minimum atomic E-state index is -1.05. The van der Waals surface area contributed by atoms with Crippen LogP contribution in [0.1, 0.15) is 26.7 Å². The molecule has 0 bridgehead atoms. The molecule has 15 heavy (non-hydrogen) atoms. The molecule has 86 valence electrons. The van der Waals surface area contributed by atoms with Crippen LogP contribution in [-0.4, -0.2) is 47.2 Å². The molecule has 0 saturated carbocycles. The molecule has 0 spiro atoms. The van der Waals surface area contributed by atoms with E-state index in [0.717, 1.165) is 25.9 Å². The summed E-state index contributed by atoms with van der Waals surface area (Å²) >= 11 is 0. The molecule has 1 saturated heterocycles. The Morgan fingerprint density at radius 1 is 1.20 bits per heavy atom. The quantitative estimate of drug-likeness (QED) is 0.741. The Morgan fingerprint density at radius 2 is 1.73 bits per heavy atom. The zero-order valence-corrected chi connectivity index (χ0v) is 9.10. The highest BCUT2D eigenvalue weighted by Crippen LogP contribution is 2.11. The van der Waals surface area contributed by atoms with E-state index in [9.17, 15) is 9.59 Å². The maximum atomic E-state index is 11.7. The Hall–Kier alpha value is -1.10. The van der Waals surface area contributed by atoms with Crippen LogP contribution in [0.4, 0.5) is 0 Å². The lowest BCUT2D eigenvalue weighted by Crippen LogP contribution is -2.39. The van der Waals surface area contributed by atoms with E-state index in [1.54, 1.807) is 11.8 Å². The van der Waals surface area contributed by atoms with Crippen LogP contribution in [0.3, 0.4) is 0 Å². The van der Waals surface area contributed by atoms with Gasteiger partial charge in [0.05, 0.1) is 0 Å². The zero-order chi connectivity index (χ0) is 11.4. The number of carbonyl (C=O) groups excluding carboxylic acids is 1. The number of ether oxygens (including phenoxy) is 1. The van der Waals surface area contributed by atoms with E-state index >= 15 is 0 Å².